The minimum absolute atomic E-state index is 0.0942. The molecule has 2 saturated heterocycles. The van der Waals surface area contributed by atoms with Gasteiger partial charge in [0.1, 0.15) is 6.10 Å². The lowest BCUT2D eigenvalue weighted by molar-refractivity contribution is -0.192. The Balaban J connectivity index is 0.000000321. The Morgan fingerprint density at radius 3 is 2.48 bits per heavy atom. The van der Waals surface area contributed by atoms with E-state index in [1.807, 2.05) is 6.07 Å². The molecule has 1 aromatic heterocycles. The van der Waals surface area contributed by atoms with E-state index in [0.717, 1.165) is 32.4 Å². The Morgan fingerprint density at radius 1 is 1.30 bits per heavy atom. The lowest BCUT2D eigenvalue weighted by Crippen LogP contribution is -2.47. The van der Waals surface area contributed by atoms with E-state index in [9.17, 15) is 18.0 Å². The van der Waals surface area contributed by atoms with Crippen LogP contribution in [0.4, 0.5) is 13.2 Å². The number of likely N-dealkylation sites (N-methyl/N-ethyl adjacent to an activating group) is 1. The normalized spacial score (nSPS) is 25.3. The summed E-state index contributed by atoms with van der Waals surface area (Å²) in [5.41, 5.74) is 1.21. The number of carbonyl (C=O) groups is 2. The summed E-state index contributed by atoms with van der Waals surface area (Å²) in [5.74, 6) is -2.66. The van der Waals surface area contributed by atoms with Gasteiger partial charge in [0.15, 0.2) is 0 Å². The van der Waals surface area contributed by atoms with Gasteiger partial charge in [0, 0.05) is 38.8 Å². The second kappa shape index (κ2) is 8.75. The van der Waals surface area contributed by atoms with E-state index in [1.165, 1.54) is 5.56 Å². The van der Waals surface area contributed by atoms with Crippen LogP contribution < -0.4 is 0 Å². The summed E-state index contributed by atoms with van der Waals surface area (Å²) in [6.45, 7) is 1.94. The molecule has 10 heteroatoms. The van der Waals surface area contributed by atoms with Gasteiger partial charge in [0.2, 0.25) is 0 Å². The number of carbonyl (C=O) groups excluding carboxylic acids is 1. The fourth-order valence-electron chi connectivity index (χ4n) is 3.30. The number of hydrogen-bond donors (Lipinski definition) is 1. The van der Waals surface area contributed by atoms with Crippen LogP contribution in [0.3, 0.4) is 0 Å². The fourth-order valence-corrected chi connectivity index (χ4v) is 3.30. The number of carboxylic acid groups (broad SMARTS) is 1. The Bertz CT molecular complexity index is 633. The van der Waals surface area contributed by atoms with Crippen molar-refractivity contribution >= 4 is 11.9 Å². The number of nitrogens with zero attached hydrogens (tertiary/aromatic N) is 2. The van der Waals surface area contributed by atoms with Crippen LogP contribution in [0.25, 0.3) is 0 Å². The molecule has 0 unspecified atom stereocenters. The molecule has 3 rings (SSSR count). The number of rotatable bonds is 3. The van der Waals surface area contributed by atoms with Crippen molar-refractivity contribution < 1.29 is 37.0 Å². The number of likely N-dealkylation sites (tertiary alicyclic amines) is 1. The first-order chi connectivity index (χ1) is 12.6. The van der Waals surface area contributed by atoms with E-state index < -0.39 is 12.1 Å². The molecule has 2 fully saturated rings. The Kier molecular flexibility index (Phi) is 6.88. The minimum Gasteiger partial charge on any atom is -0.475 e. The van der Waals surface area contributed by atoms with Crippen molar-refractivity contribution in [3.8, 4) is 0 Å². The third-order valence-corrected chi connectivity index (χ3v) is 4.59. The van der Waals surface area contributed by atoms with E-state index in [1.54, 1.807) is 31.5 Å². The van der Waals surface area contributed by atoms with Crippen LogP contribution in [0.2, 0.25) is 0 Å². The van der Waals surface area contributed by atoms with Crippen molar-refractivity contribution in [2.45, 2.75) is 50.2 Å². The van der Waals surface area contributed by atoms with E-state index in [2.05, 4.69) is 4.90 Å². The van der Waals surface area contributed by atoms with Gasteiger partial charge in [-0.25, -0.2) is 4.79 Å². The summed E-state index contributed by atoms with van der Waals surface area (Å²) in [6, 6.07) is 2.45. The SMILES string of the molecule is CN(C)C(=O)[C@@H]1CC[C@@H]2[C@@H](CCN2Cc2ccoc2)O1.O=C(O)C(F)(F)F. The molecule has 0 spiro atoms. The molecule has 2 aliphatic rings. The van der Waals surface area contributed by atoms with Crippen LogP contribution >= 0.6 is 0 Å². The largest absolute Gasteiger partial charge is 0.490 e. The maximum atomic E-state index is 12.0. The average Bonchev–Trinajstić information content (AvgIpc) is 3.24. The number of alkyl halides is 3. The third-order valence-electron chi connectivity index (χ3n) is 4.59. The van der Waals surface area contributed by atoms with Gasteiger partial charge in [0.25, 0.3) is 5.91 Å². The summed E-state index contributed by atoms with van der Waals surface area (Å²) in [6.07, 6.45) is 1.25. The van der Waals surface area contributed by atoms with Gasteiger partial charge in [-0.05, 0) is 25.3 Å². The monoisotopic (exact) mass is 392 g/mol. The predicted octanol–water partition coefficient (Wildman–Crippen LogP) is 2.12. The van der Waals surface area contributed by atoms with Gasteiger partial charge in [-0.1, -0.05) is 0 Å². The molecule has 1 N–H and O–H groups in total. The van der Waals surface area contributed by atoms with Gasteiger partial charge in [-0.3, -0.25) is 9.69 Å². The number of carboxylic acids is 1. The second-order valence-electron chi connectivity index (χ2n) is 6.73. The molecule has 3 heterocycles. The van der Waals surface area contributed by atoms with Crippen molar-refractivity contribution in [3.05, 3.63) is 24.2 Å². The first-order valence-corrected chi connectivity index (χ1v) is 8.51. The van der Waals surface area contributed by atoms with Crippen LogP contribution in [0.5, 0.6) is 0 Å². The second-order valence-corrected chi connectivity index (χ2v) is 6.73. The number of fused-ring (bicyclic) bond motifs is 1. The van der Waals surface area contributed by atoms with Crippen LogP contribution in [0.15, 0.2) is 23.0 Å². The average molecular weight is 392 g/mol. The number of halogens is 3. The van der Waals surface area contributed by atoms with Gasteiger partial charge >= 0.3 is 12.1 Å². The highest BCUT2D eigenvalue weighted by Gasteiger charge is 2.42. The summed E-state index contributed by atoms with van der Waals surface area (Å²) in [7, 11) is 3.58. The molecular formula is C17H23F3N2O5. The van der Waals surface area contributed by atoms with E-state index in [-0.39, 0.29) is 18.1 Å². The molecule has 1 amide bonds. The molecule has 1 aromatic rings. The molecule has 0 bridgehead atoms. The maximum Gasteiger partial charge on any atom is 0.490 e. The zero-order chi connectivity index (χ0) is 20.2. The maximum absolute atomic E-state index is 12.0. The highest BCUT2D eigenvalue weighted by Crippen LogP contribution is 2.32. The Morgan fingerprint density at radius 2 is 1.96 bits per heavy atom. The lowest BCUT2D eigenvalue weighted by atomic mass is 9.98. The van der Waals surface area contributed by atoms with Crippen molar-refractivity contribution in [1.29, 1.82) is 0 Å². The van der Waals surface area contributed by atoms with Crippen molar-refractivity contribution in [2.24, 2.45) is 0 Å². The van der Waals surface area contributed by atoms with E-state index >= 15 is 0 Å². The van der Waals surface area contributed by atoms with Crippen LogP contribution in [-0.4, -0.2) is 71.8 Å². The zero-order valence-corrected chi connectivity index (χ0v) is 15.1. The number of hydrogen-bond acceptors (Lipinski definition) is 5. The summed E-state index contributed by atoms with van der Waals surface area (Å²) in [4.78, 5) is 25.0. The third kappa shape index (κ3) is 5.70. The van der Waals surface area contributed by atoms with Crippen LogP contribution in [0.1, 0.15) is 24.8 Å². The molecule has 0 aliphatic carbocycles. The van der Waals surface area contributed by atoms with Gasteiger partial charge in [0.05, 0.1) is 18.6 Å². The van der Waals surface area contributed by atoms with Gasteiger partial charge < -0.3 is 19.2 Å². The lowest BCUT2D eigenvalue weighted by Gasteiger charge is -2.36. The van der Waals surface area contributed by atoms with Gasteiger partial charge in [-0.2, -0.15) is 13.2 Å². The Hall–Kier alpha value is -2.07. The fraction of sp³-hybridized carbons (Fsp3) is 0.647. The van der Waals surface area contributed by atoms with E-state index in [4.69, 9.17) is 19.1 Å². The molecule has 0 aromatic carbocycles. The zero-order valence-electron chi connectivity index (χ0n) is 15.1. The first-order valence-electron chi connectivity index (χ1n) is 8.51. The van der Waals surface area contributed by atoms with Crippen molar-refractivity contribution in [2.75, 3.05) is 20.6 Å². The molecule has 27 heavy (non-hydrogen) atoms. The molecule has 0 saturated carbocycles. The van der Waals surface area contributed by atoms with Crippen molar-refractivity contribution in [1.82, 2.24) is 9.80 Å². The predicted molar refractivity (Wildman–Crippen MR) is 87.8 cm³/mol. The van der Waals surface area contributed by atoms with Gasteiger partial charge in [-0.15, -0.1) is 0 Å². The number of furan rings is 1. The standard InChI is InChI=1S/C15H22N2O3.C2HF3O2/c1-16(2)15(18)14-4-3-12-13(20-14)5-7-17(12)9-11-6-8-19-10-11;3-2(4,5)1(6)7/h6,8,10,12-14H,3-5,7,9H2,1-2H3;(H,6,7)/t12-,13-,14+;/m1./s1. The smallest absolute Gasteiger partial charge is 0.475 e. The quantitative estimate of drug-likeness (QED) is 0.849. The topological polar surface area (TPSA) is 83.2 Å². The summed E-state index contributed by atoms with van der Waals surface area (Å²) < 4.78 is 42.9. The first kappa shape index (κ1) is 21.2. The van der Waals surface area contributed by atoms with Crippen LogP contribution in [-0.2, 0) is 20.9 Å². The van der Waals surface area contributed by atoms with E-state index in [0.29, 0.717) is 6.04 Å². The number of ether oxygens (including phenoxy) is 1. The molecular weight excluding hydrogens is 369 g/mol. The summed E-state index contributed by atoms with van der Waals surface area (Å²) >= 11 is 0. The molecule has 152 valence electrons. The number of aliphatic carboxylic acids is 1. The Labute approximate surface area is 154 Å². The van der Waals surface area contributed by atoms with Crippen LogP contribution in [0, 0.1) is 0 Å². The number of amides is 1. The molecule has 7 nitrogen and oxygen atoms in total. The minimum atomic E-state index is -5.08. The summed E-state index contributed by atoms with van der Waals surface area (Å²) in [5, 5.41) is 7.12. The molecule has 2 aliphatic heterocycles. The highest BCUT2D eigenvalue weighted by molar-refractivity contribution is 5.80. The molecule has 0 radical (unpaired) electrons. The highest BCUT2D eigenvalue weighted by atomic mass is 19.4. The van der Waals surface area contributed by atoms with Crippen molar-refractivity contribution in [3.63, 3.8) is 0 Å². The molecule has 3 atom stereocenters.